The number of carbonyl (C=O) groups is 2. The largest absolute Gasteiger partial charge is 0.508 e. The number of hydrogen-bond donors (Lipinski definition) is 2. The zero-order chi connectivity index (χ0) is 20.7. The predicted octanol–water partition coefficient (Wildman–Crippen LogP) is 5.17. The van der Waals surface area contributed by atoms with Gasteiger partial charge in [-0.05, 0) is 87.8 Å². The smallest absolute Gasteiger partial charge is 0.309 e. The van der Waals surface area contributed by atoms with Crippen LogP contribution >= 0.6 is 0 Å². The molecule has 0 amide bonds. The number of rotatable bonds is 15. The Morgan fingerprint density at radius 1 is 0.966 bits per heavy atom. The van der Waals surface area contributed by atoms with E-state index in [2.05, 4.69) is 6.07 Å². The topological polar surface area (TPSA) is 83.8 Å². The van der Waals surface area contributed by atoms with Crippen molar-refractivity contribution < 1.29 is 24.5 Å². The van der Waals surface area contributed by atoms with Crippen molar-refractivity contribution in [2.75, 3.05) is 0 Å². The van der Waals surface area contributed by atoms with Crippen LogP contribution in [0, 0.1) is 5.41 Å². The van der Waals surface area contributed by atoms with Crippen molar-refractivity contribution in [3.05, 3.63) is 29.3 Å². The zero-order valence-electron chi connectivity index (χ0n) is 17.3. The minimum absolute atomic E-state index is 0.154. The van der Waals surface area contributed by atoms with Crippen LogP contribution in [-0.2, 0) is 27.2 Å². The summed E-state index contributed by atoms with van der Waals surface area (Å²) >= 11 is 0. The van der Waals surface area contributed by atoms with E-state index in [0.29, 0.717) is 12.2 Å². The normalized spacial score (nSPS) is 18.2. The van der Waals surface area contributed by atoms with Gasteiger partial charge >= 0.3 is 5.97 Å². The molecule has 0 atom stereocenters. The summed E-state index contributed by atoms with van der Waals surface area (Å²) in [5, 5.41) is 19.5. The molecule has 0 radical (unpaired) electrons. The molecule has 0 heterocycles. The quantitative estimate of drug-likeness (QED) is 0.312. The Morgan fingerprint density at radius 2 is 1.66 bits per heavy atom. The first-order chi connectivity index (χ1) is 14.0. The molecule has 2 saturated carbocycles. The Balaban J connectivity index is 1.29. The van der Waals surface area contributed by atoms with Gasteiger partial charge in [0.1, 0.15) is 11.4 Å². The van der Waals surface area contributed by atoms with Gasteiger partial charge < -0.3 is 14.9 Å². The molecule has 2 fully saturated rings. The van der Waals surface area contributed by atoms with Crippen molar-refractivity contribution in [2.45, 2.75) is 95.5 Å². The molecular formula is C24H34O5. The third kappa shape index (κ3) is 6.22. The second-order valence-corrected chi connectivity index (χ2v) is 9.07. The second kappa shape index (κ2) is 9.64. The number of carbonyl (C=O) groups excluding carboxylic acids is 1. The van der Waals surface area contributed by atoms with E-state index in [1.165, 1.54) is 0 Å². The Labute approximate surface area is 173 Å². The monoisotopic (exact) mass is 402 g/mol. The van der Waals surface area contributed by atoms with Crippen LogP contribution in [0.15, 0.2) is 18.2 Å². The molecule has 5 heteroatoms. The van der Waals surface area contributed by atoms with Gasteiger partial charge in [-0.25, -0.2) is 0 Å². The molecule has 5 nitrogen and oxygen atoms in total. The lowest BCUT2D eigenvalue weighted by Crippen LogP contribution is -2.14. The maximum absolute atomic E-state index is 11.2. The number of benzene rings is 1. The van der Waals surface area contributed by atoms with Crippen molar-refractivity contribution in [2.24, 2.45) is 5.41 Å². The lowest BCUT2D eigenvalue weighted by molar-refractivity contribution is -0.143. The number of carboxylic acid groups (broad SMARTS) is 1. The van der Waals surface area contributed by atoms with Crippen molar-refractivity contribution >= 4 is 12.4 Å². The lowest BCUT2D eigenvalue weighted by atomic mass is 9.96. The van der Waals surface area contributed by atoms with Gasteiger partial charge in [0.25, 0.3) is 6.47 Å². The number of unbranched alkanes of at least 4 members (excludes halogenated alkanes) is 4. The van der Waals surface area contributed by atoms with E-state index in [1.54, 1.807) is 0 Å². The highest BCUT2D eigenvalue weighted by Gasteiger charge is 2.49. The molecule has 2 N–H and O–H groups in total. The van der Waals surface area contributed by atoms with Crippen LogP contribution in [-0.4, -0.2) is 28.3 Å². The van der Waals surface area contributed by atoms with E-state index >= 15 is 0 Å². The molecule has 0 spiro atoms. The second-order valence-electron chi connectivity index (χ2n) is 9.07. The summed E-state index contributed by atoms with van der Waals surface area (Å²) < 4.78 is 5.17. The van der Waals surface area contributed by atoms with Crippen LogP contribution in [0.5, 0.6) is 5.75 Å². The summed E-state index contributed by atoms with van der Waals surface area (Å²) in [6.45, 7) is 0.576. The zero-order valence-corrected chi connectivity index (χ0v) is 17.3. The predicted molar refractivity (Wildman–Crippen MR) is 111 cm³/mol. The highest BCUT2D eigenvalue weighted by atomic mass is 16.5. The van der Waals surface area contributed by atoms with Gasteiger partial charge in [0, 0.05) is 0 Å². The molecule has 0 unspecified atom stereocenters. The maximum Gasteiger partial charge on any atom is 0.309 e. The van der Waals surface area contributed by atoms with Crippen LogP contribution in [0.4, 0.5) is 0 Å². The van der Waals surface area contributed by atoms with E-state index in [0.717, 1.165) is 101 Å². The molecule has 1 aromatic carbocycles. The number of phenols is 1. The van der Waals surface area contributed by atoms with E-state index < -0.39 is 11.4 Å². The van der Waals surface area contributed by atoms with Gasteiger partial charge in [-0.1, -0.05) is 31.4 Å². The average Bonchev–Trinajstić information content (AvgIpc) is 3.60. The van der Waals surface area contributed by atoms with Crippen LogP contribution in [0.1, 0.15) is 88.2 Å². The standard InChI is InChI=1S/C24H34O5/c25-18-29-24(15-16-24)12-6-2-4-8-20-10-9-19(17-21(20)26)7-3-1-5-11-23(13-14-23)22(27)28/h9-10,17-18,26H,1-8,11-16H2,(H,27,28). The number of aliphatic carboxylic acids is 1. The molecular weight excluding hydrogens is 368 g/mol. The average molecular weight is 403 g/mol. The minimum Gasteiger partial charge on any atom is -0.508 e. The Bertz CT molecular complexity index is 703. The van der Waals surface area contributed by atoms with E-state index in [9.17, 15) is 19.8 Å². The molecule has 160 valence electrons. The lowest BCUT2D eigenvalue weighted by Gasteiger charge is -2.12. The maximum atomic E-state index is 11.2. The molecule has 2 aliphatic rings. The van der Waals surface area contributed by atoms with Gasteiger partial charge in [0.05, 0.1) is 5.41 Å². The summed E-state index contributed by atoms with van der Waals surface area (Å²) in [5.41, 5.74) is 1.59. The summed E-state index contributed by atoms with van der Waals surface area (Å²) in [7, 11) is 0. The number of phenolic OH excluding ortho intramolecular Hbond substituents is 1. The van der Waals surface area contributed by atoms with Gasteiger partial charge in [-0.3, -0.25) is 9.59 Å². The Hall–Kier alpha value is -2.04. The van der Waals surface area contributed by atoms with Crippen molar-refractivity contribution in [1.29, 1.82) is 0 Å². The molecule has 0 saturated heterocycles. The molecule has 2 aliphatic carbocycles. The molecule has 0 aliphatic heterocycles. The van der Waals surface area contributed by atoms with Crippen LogP contribution in [0.3, 0.4) is 0 Å². The number of aromatic hydroxyl groups is 1. The summed E-state index contributed by atoms with van der Waals surface area (Å²) in [5.74, 6) is -0.243. The first-order valence-corrected chi connectivity index (χ1v) is 11.1. The molecule has 29 heavy (non-hydrogen) atoms. The number of hydrogen-bond acceptors (Lipinski definition) is 4. The summed E-state index contributed by atoms with van der Waals surface area (Å²) in [4.78, 5) is 21.7. The van der Waals surface area contributed by atoms with E-state index in [4.69, 9.17) is 4.74 Å². The van der Waals surface area contributed by atoms with Crippen molar-refractivity contribution in [3.8, 4) is 5.75 Å². The number of aryl methyl sites for hydroxylation is 2. The molecule has 0 bridgehead atoms. The third-order valence-corrected chi connectivity index (χ3v) is 6.76. The molecule has 3 rings (SSSR count). The SMILES string of the molecule is O=COC1(CCCCCc2ccc(CCCCCC3(C(=O)O)CC3)cc2O)CC1. The van der Waals surface area contributed by atoms with E-state index in [-0.39, 0.29) is 5.60 Å². The molecule has 1 aromatic rings. The van der Waals surface area contributed by atoms with Crippen LogP contribution in [0.25, 0.3) is 0 Å². The fraction of sp³-hybridized carbons (Fsp3) is 0.667. The van der Waals surface area contributed by atoms with Crippen molar-refractivity contribution in [1.82, 2.24) is 0 Å². The Kier molecular flexibility index (Phi) is 7.20. The first kappa shape index (κ1) is 21.7. The highest BCUT2D eigenvalue weighted by Crippen LogP contribution is 2.50. The van der Waals surface area contributed by atoms with Gasteiger partial charge in [0.2, 0.25) is 0 Å². The van der Waals surface area contributed by atoms with Crippen molar-refractivity contribution in [3.63, 3.8) is 0 Å². The van der Waals surface area contributed by atoms with Gasteiger partial charge in [0.15, 0.2) is 0 Å². The first-order valence-electron chi connectivity index (χ1n) is 11.1. The van der Waals surface area contributed by atoms with Gasteiger partial charge in [-0.15, -0.1) is 0 Å². The fourth-order valence-corrected chi connectivity index (χ4v) is 4.27. The van der Waals surface area contributed by atoms with Crippen LogP contribution < -0.4 is 0 Å². The summed E-state index contributed by atoms with van der Waals surface area (Å²) in [6.07, 6.45) is 13.4. The highest BCUT2D eigenvalue weighted by molar-refractivity contribution is 5.77. The molecule has 0 aromatic heterocycles. The third-order valence-electron chi connectivity index (χ3n) is 6.76. The summed E-state index contributed by atoms with van der Waals surface area (Å²) in [6, 6.07) is 6.02. The fourth-order valence-electron chi connectivity index (χ4n) is 4.27. The minimum atomic E-state index is -0.626. The van der Waals surface area contributed by atoms with Gasteiger partial charge in [-0.2, -0.15) is 0 Å². The Morgan fingerprint density at radius 3 is 2.24 bits per heavy atom. The van der Waals surface area contributed by atoms with E-state index in [1.807, 2.05) is 12.1 Å². The number of carboxylic acids is 1. The number of ether oxygens (including phenoxy) is 1. The van der Waals surface area contributed by atoms with Crippen LogP contribution in [0.2, 0.25) is 0 Å².